The van der Waals surface area contributed by atoms with E-state index < -0.39 is 11.7 Å². The fraction of sp³-hybridized carbons (Fsp3) is 0.478. The van der Waals surface area contributed by atoms with Crippen LogP contribution in [0.15, 0.2) is 36.4 Å². The Hall–Kier alpha value is -2.21. The molecule has 0 saturated carbocycles. The molecule has 0 aromatic heterocycles. The summed E-state index contributed by atoms with van der Waals surface area (Å²) in [7, 11) is 0. The van der Waals surface area contributed by atoms with Crippen molar-refractivity contribution in [1.29, 1.82) is 0 Å². The molecule has 0 spiro atoms. The molecule has 2 atom stereocenters. The van der Waals surface area contributed by atoms with Gasteiger partial charge in [0.05, 0.1) is 11.3 Å². The maximum atomic E-state index is 13.7. The van der Waals surface area contributed by atoms with E-state index in [1.165, 1.54) is 11.6 Å². The second-order valence-corrected chi connectivity index (χ2v) is 9.14. The number of benzene rings is 2. The Morgan fingerprint density at radius 3 is 2.45 bits per heavy atom. The largest absolute Gasteiger partial charge is 0.418 e. The molecule has 3 N–H and O–H groups in total. The average molecular weight is 403 g/mol. The van der Waals surface area contributed by atoms with Crippen molar-refractivity contribution < 1.29 is 13.2 Å². The highest BCUT2D eigenvalue weighted by molar-refractivity contribution is 5.71. The van der Waals surface area contributed by atoms with E-state index in [1.807, 2.05) is 18.2 Å². The van der Waals surface area contributed by atoms with E-state index in [0.717, 1.165) is 24.1 Å². The average Bonchev–Trinajstić information content (AvgIpc) is 3.03. The maximum Gasteiger partial charge on any atom is 0.418 e. The zero-order chi connectivity index (χ0) is 20.8. The second kappa shape index (κ2) is 7.24. The predicted molar refractivity (Wildman–Crippen MR) is 112 cm³/mol. The molecule has 0 aliphatic carbocycles. The fourth-order valence-electron chi connectivity index (χ4n) is 4.31. The zero-order valence-electron chi connectivity index (χ0n) is 17.1. The van der Waals surface area contributed by atoms with Gasteiger partial charge < -0.3 is 16.0 Å². The highest BCUT2D eigenvalue weighted by Gasteiger charge is 2.42. The quantitative estimate of drug-likeness (QED) is 0.635. The Kier molecular flexibility index (Phi) is 5.01. The highest BCUT2D eigenvalue weighted by Crippen LogP contribution is 2.47. The molecule has 2 aliphatic heterocycles. The molecule has 0 bridgehead atoms. The van der Waals surface area contributed by atoms with Crippen LogP contribution in [0.4, 0.5) is 24.5 Å². The van der Waals surface area contributed by atoms with Crippen molar-refractivity contribution in [3.8, 4) is 0 Å². The van der Waals surface area contributed by atoms with Crippen LogP contribution in [0.5, 0.6) is 0 Å². The maximum absolute atomic E-state index is 13.7. The Morgan fingerprint density at radius 1 is 1.07 bits per heavy atom. The van der Waals surface area contributed by atoms with Crippen molar-refractivity contribution in [1.82, 2.24) is 5.32 Å². The lowest BCUT2D eigenvalue weighted by Crippen LogP contribution is -2.38. The highest BCUT2D eigenvalue weighted by atomic mass is 19.4. The summed E-state index contributed by atoms with van der Waals surface area (Å²) in [6.07, 6.45) is -3.55. The van der Waals surface area contributed by atoms with Crippen LogP contribution in [0, 0.1) is 0 Å². The molecule has 4 rings (SSSR count). The minimum atomic E-state index is -4.38. The van der Waals surface area contributed by atoms with E-state index in [9.17, 15) is 13.2 Å². The number of rotatable bonds is 3. The van der Waals surface area contributed by atoms with E-state index in [4.69, 9.17) is 0 Å². The van der Waals surface area contributed by atoms with Crippen LogP contribution < -0.4 is 16.0 Å². The lowest BCUT2D eigenvalue weighted by molar-refractivity contribution is -0.136. The van der Waals surface area contributed by atoms with Gasteiger partial charge in [-0.25, -0.2) is 0 Å². The summed E-state index contributed by atoms with van der Waals surface area (Å²) >= 11 is 0. The third-order valence-corrected chi connectivity index (χ3v) is 6.00. The van der Waals surface area contributed by atoms with Crippen LogP contribution in [0.1, 0.15) is 55.4 Å². The Labute approximate surface area is 170 Å². The summed E-state index contributed by atoms with van der Waals surface area (Å²) in [5, 5.41) is 9.66. The van der Waals surface area contributed by atoms with E-state index in [2.05, 4.69) is 48.9 Å². The Morgan fingerprint density at radius 2 is 1.79 bits per heavy atom. The molecular formula is C23H28F3N3. The first-order chi connectivity index (χ1) is 13.6. The monoisotopic (exact) mass is 403 g/mol. The van der Waals surface area contributed by atoms with Gasteiger partial charge in [-0.05, 0) is 47.2 Å². The topological polar surface area (TPSA) is 36.1 Å². The molecular weight excluding hydrogens is 375 g/mol. The van der Waals surface area contributed by atoms with Gasteiger partial charge >= 0.3 is 6.18 Å². The lowest BCUT2D eigenvalue weighted by atomic mass is 9.87. The molecule has 0 radical (unpaired) electrons. The van der Waals surface area contributed by atoms with Crippen molar-refractivity contribution in [2.75, 3.05) is 23.7 Å². The van der Waals surface area contributed by atoms with E-state index in [1.54, 1.807) is 0 Å². The Balaban J connectivity index is 1.58. The van der Waals surface area contributed by atoms with Crippen molar-refractivity contribution in [2.24, 2.45) is 0 Å². The normalized spacial score (nSPS) is 21.3. The third-order valence-electron chi connectivity index (χ3n) is 6.00. The Bertz CT molecular complexity index is 882. The van der Waals surface area contributed by atoms with Gasteiger partial charge in [-0.1, -0.05) is 45.0 Å². The molecule has 2 aromatic rings. The molecule has 1 saturated heterocycles. The van der Waals surface area contributed by atoms with Crippen molar-refractivity contribution in [2.45, 2.75) is 57.3 Å². The molecule has 0 amide bonds. The number of hydrogen-bond acceptors (Lipinski definition) is 3. The molecule has 6 heteroatoms. The van der Waals surface area contributed by atoms with Crippen LogP contribution in [0.2, 0.25) is 0 Å². The summed E-state index contributed by atoms with van der Waals surface area (Å²) in [5.41, 5.74) is 3.32. The summed E-state index contributed by atoms with van der Waals surface area (Å²) in [6.45, 7) is 8.50. The first kappa shape index (κ1) is 20.1. The molecule has 2 aliphatic rings. The van der Waals surface area contributed by atoms with Crippen LogP contribution in [0.3, 0.4) is 0 Å². The van der Waals surface area contributed by atoms with E-state index in [-0.39, 0.29) is 23.1 Å². The summed E-state index contributed by atoms with van der Waals surface area (Å²) in [5.74, 6) is 0.0765. The van der Waals surface area contributed by atoms with Crippen LogP contribution >= 0.6 is 0 Å². The minimum absolute atomic E-state index is 0.0745. The summed E-state index contributed by atoms with van der Waals surface area (Å²) < 4.78 is 41.2. The zero-order valence-corrected chi connectivity index (χ0v) is 17.1. The van der Waals surface area contributed by atoms with Gasteiger partial charge in [-0.2, -0.15) is 13.2 Å². The molecule has 0 unspecified atom stereocenters. The first-order valence-electron chi connectivity index (χ1n) is 10.2. The first-order valence-corrected chi connectivity index (χ1v) is 10.2. The molecule has 2 aromatic carbocycles. The molecule has 29 heavy (non-hydrogen) atoms. The van der Waals surface area contributed by atoms with Crippen LogP contribution in [-0.4, -0.2) is 19.1 Å². The predicted octanol–water partition coefficient (Wildman–Crippen LogP) is 5.49. The van der Waals surface area contributed by atoms with Gasteiger partial charge in [0.2, 0.25) is 0 Å². The second-order valence-electron chi connectivity index (χ2n) is 9.14. The number of alkyl halides is 3. The number of nitrogens with one attached hydrogen (secondary N) is 3. The van der Waals surface area contributed by atoms with Gasteiger partial charge in [0.15, 0.2) is 0 Å². The molecule has 1 fully saturated rings. The van der Waals surface area contributed by atoms with Gasteiger partial charge in [0.1, 0.15) is 0 Å². The van der Waals surface area contributed by atoms with E-state index in [0.29, 0.717) is 18.8 Å². The molecule has 156 valence electrons. The van der Waals surface area contributed by atoms with Crippen LogP contribution in [0.25, 0.3) is 0 Å². The van der Waals surface area contributed by atoms with Gasteiger partial charge in [0.25, 0.3) is 0 Å². The number of halogens is 3. The van der Waals surface area contributed by atoms with Crippen LogP contribution in [-0.2, 0) is 18.1 Å². The number of hydrogen-bond donors (Lipinski definition) is 3. The van der Waals surface area contributed by atoms with Gasteiger partial charge in [-0.15, -0.1) is 0 Å². The number of piperidine rings is 1. The van der Waals surface area contributed by atoms with Crippen molar-refractivity contribution >= 4 is 11.4 Å². The standard InChI is InChI=1S/C23H28F3N3/c1-22(2,3)15-6-4-14(5-7-15)12-28-16-10-17-18-13-27-9-8-20(18)29-21(17)19(11-16)23(24,25)26/h4-7,10-11,18,20,27-29H,8-9,12-13H2,1-3H3/t18-,20-/m0/s1. The van der Waals surface area contributed by atoms with Gasteiger partial charge in [-0.3, -0.25) is 0 Å². The lowest BCUT2D eigenvalue weighted by Gasteiger charge is -2.26. The summed E-state index contributed by atoms with van der Waals surface area (Å²) in [6, 6.07) is 11.4. The third kappa shape index (κ3) is 4.08. The summed E-state index contributed by atoms with van der Waals surface area (Å²) in [4.78, 5) is 0. The molecule has 2 heterocycles. The minimum Gasteiger partial charge on any atom is -0.381 e. The molecule has 3 nitrogen and oxygen atoms in total. The van der Waals surface area contributed by atoms with E-state index >= 15 is 0 Å². The smallest absolute Gasteiger partial charge is 0.381 e. The van der Waals surface area contributed by atoms with Crippen molar-refractivity contribution in [3.63, 3.8) is 0 Å². The fourth-order valence-corrected chi connectivity index (χ4v) is 4.31. The van der Waals surface area contributed by atoms with Crippen molar-refractivity contribution in [3.05, 3.63) is 58.7 Å². The van der Waals surface area contributed by atoms with Gasteiger partial charge in [0, 0.05) is 30.7 Å². The number of fused-ring (bicyclic) bond motifs is 3. The number of anilines is 2. The SMILES string of the molecule is CC(C)(C)c1ccc(CNc2cc3c(c(C(F)(F)F)c2)N[C@H]2CCNC[C@@H]32)cc1.